The van der Waals surface area contributed by atoms with E-state index in [-0.39, 0.29) is 12.4 Å². The topological polar surface area (TPSA) is 38.7 Å². The number of hydrogen-bond acceptors (Lipinski definition) is 3. The summed E-state index contributed by atoms with van der Waals surface area (Å²) in [4.78, 5) is 0. The van der Waals surface area contributed by atoms with Gasteiger partial charge in [-0.1, -0.05) is 24.3 Å². The van der Waals surface area contributed by atoms with Crippen LogP contribution in [0.2, 0.25) is 0 Å². The van der Waals surface area contributed by atoms with E-state index in [1.54, 1.807) is 12.1 Å². The van der Waals surface area contributed by atoms with Gasteiger partial charge in [-0.25, -0.2) is 0 Å². The molecule has 0 saturated heterocycles. The molecule has 1 N–H and O–H groups in total. The van der Waals surface area contributed by atoms with Crippen LogP contribution >= 0.6 is 0 Å². The summed E-state index contributed by atoms with van der Waals surface area (Å²) < 4.78 is 46.0. The third kappa shape index (κ3) is 5.89. The summed E-state index contributed by atoms with van der Waals surface area (Å²) in [6.45, 7) is 0.704. The standard InChI is InChI=1S/C21H23F3O3/c22-21(23,24)27-20-7-2-15(3-8-20)11-12-26-19-9-5-17(6-10-19)18-4-1-16(13-18)14-25/h2-3,5-10,16,18,25H,1,4,11-14H2. The molecule has 3 nitrogen and oxygen atoms in total. The van der Waals surface area contributed by atoms with Gasteiger partial charge in [-0.2, -0.15) is 0 Å². The van der Waals surface area contributed by atoms with E-state index in [1.165, 1.54) is 17.7 Å². The molecule has 0 aliphatic heterocycles. The first-order valence-electron chi connectivity index (χ1n) is 9.11. The van der Waals surface area contributed by atoms with Crippen molar-refractivity contribution in [1.82, 2.24) is 0 Å². The number of halogens is 3. The van der Waals surface area contributed by atoms with Crippen LogP contribution in [0.15, 0.2) is 48.5 Å². The summed E-state index contributed by atoms with van der Waals surface area (Å²) in [5.74, 6) is 1.47. The van der Waals surface area contributed by atoms with Crippen LogP contribution in [0.3, 0.4) is 0 Å². The maximum Gasteiger partial charge on any atom is 0.573 e. The molecule has 27 heavy (non-hydrogen) atoms. The lowest BCUT2D eigenvalue weighted by Crippen LogP contribution is -2.17. The van der Waals surface area contributed by atoms with Crippen LogP contribution in [0.1, 0.15) is 36.3 Å². The van der Waals surface area contributed by atoms with E-state index in [0.29, 0.717) is 24.9 Å². The highest BCUT2D eigenvalue weighted by Gasteiger charge is 2.31. The molecule has 2 aromatic carbocycles. The molecule has 0 aromatic heterocycles. The van der Waals surface area contributed by atoms with Gasteiger partial charge in [0.25, 0.3) is 0 Å². The first-order valence-corrected chi connectivity index (χ1v) is 9.11. The van der Waals surface area contributed by atoms with Crippen molar-refractivity contribution in [2.75, 3.05) is 13.2 Å². The van der Waals surface area contributed by atoms with Crippen molar-refractivity contribution >= 4 is 0 Å². The molecule has 0 radical (unpaired) electrons. The van der Waals surface area contributed by atoms with Gasteiger partial charge in [0.15, 0.2) is 0 Å². The maximum absolute atomic E-state index is 12.1. The van der Waals surface area contributed by atoms with Gasteiger partial charge in [-0.05, 0) is 66.5 Å². The molecule has 2 atom stereocenters. The number of hydrogen-bond donors (Lipinski definition) is 1. The second kappa shape index (κ2) is 8.65. The minimum Gasteiger partial charge on any atom is -0.493 e. The van der Waals surface area contributed by atoms with Crippen LogP contribution in [0, 0.1) is 5.92 Å². The van der Waals surface area contributed by atoms with Gasteiger partial charge >= 0.3 is 6.36 Å². The number of rotatable bonds is 7. The van der Waals surface area contributed by atoms with Crippen molar-refractivity contribution in [3.63, 3.8) is 0 Å². The number of aliphatic hydroxyl groups is 1. The molecule has 1 saturated carbocycles. The van der Waals surface area contributed by atoms with Gasteiger partial charge in [0.1, 0.15) is 11.5 Å². The van der Waals surface area contributed by atoms with E-state index in [2.05, 4.69) is 16.9 Å². The van der Waals surface area contributed by atoms with Crippen LogP contribution in [-0.2, 0) is 6.42 Å². The lowest BCUT2D eigenvalue weighted by molar-refractivity contribution is -0.274. The van der Waals surface area contributed by atoms with E-state index < -0.39 is 6.36 Å². The van der Waals surface area contributed by atoms with Crippen molar-refractivity contribution in [2.24, 2.45) is 5.92 Å². The Morgan fingerprint density at radius 3 is 2.19 bits per heavy atom. The highest BCUT2D eigenvalue weighted by molar-refractivity contribution is 5.30. The summed E-state index contributed by atoms with van der Waals surface area (Å²) in [5.41, 5.74) is 2.15. The summed E-state index contributed by atoms with van der Waals surface area (Å²) in [6, 6.07) is 13.9. The molecule has 1 fully saturated rings. The van der Waals surface area contributed by atoms with Gasteiger partial charge in [-0.15, -0.1) is 13.2 Å². The number of aliphatic hydroxyl groups excluding tert-OH is 1. The predicted octanol–water partition coefficient (Wildman–Crippen LogP) is 5.08. The molecule has 0 bridgehead atoms. The Labute approximate surface area is 156 Å². The molecular weight excluding hydrogens is 357 g/mol. The highest BCUT2D eigenvalue weighted by atomic mass is 19.4. The van der Waals surface area contributed by atoms with Crippen molar-refractivity contribution < 1.29 is 27.8 Å². The van der Waals surface area contributed by atoms with Crippen LogP contribution < -0.4 is 9.47 Å². The van der Waals surface area contributed by atoms with E-state index in [4.69, 9.17) is 4.74 Å². The van der Waals surface area contributed by atoms with Crippen LogP contribution in [0.5, 0.6) is 11.5 Å². The fourth-order valence-electron chi connectivity index (χ4n) is 3.52. The van der Waals surface area contributed by atoms with E-state index in [1.807, 2.05) is 12.1 Å². The first-order chi connectivity index (χ1) is 12.9. The zero-order valence-electron chi connectivity index (χ0n) is 14.9. The smallest absolute Gasteiger partial charge is 0.493 e. The van der Waals surface area contributed by atoms with Crippen molar-refractivity contribution in [3.05, 3.63) is 59.7 Å². The van der Waals surface area contributed by atoms with Gasteiger partial charge in [0.05, 0.1) is 6.61 Å². The average molecular weight is 380 g/mol. The molecule has 0 heterocycles. The normalized spacial score (nSPS) is 19.9. The molecule has 2 unspecified atom stereocenters. The Morgan fingerprint density at radius 2 is 1.59 bits per heavy atom. The Morgan fingerprint density at radius 1 is 0.926 bits per heavy atom. The third-order valence-corrected chi connectivity index (χ3v) is 4.97. The van der Waals surface area contributed by atoms with Crippen LogP contribution in [0.4, 0.5) is 13.2 Å². The van der Waals surface area contributed by atoms with Crippen molar-refractivity contribution in [3.8, 4) is 11.5 Å². The zero-order chi connectivity index (χ0) is 19.3. The summed E-state index contributed by atoms with van der Waals surface area (Å²) in [5, 5.41) is 9.25. The second-order valence-electron chi connectivity index (χ2n) is 6.92. The first kappa shape index (κ1) is 19.5. The van der Waals surface area contributed by atoms with Gasteiger partial charge in [0, 0.05) is 13.0 Å². The highest BCUT2D eigenvalue weighted by Crippen LogP contribution is 2.38. The Hall–Kier alpha value is -2.21. The lowest BCUT2D eigenvalue weighted by atomic mass is 9.96. The molecule has 3 rings (SSSR count). The largest absolute Gasteiger partial charge is 0.573 e. The molecule has 1 aliphatic carbocycles. The number of ether oxygens (including phenoxy) is 2. The van der Waals surface area contributed by atoms with E-state index >= 15 is 0 Å². The second-order valence-corrected chi connectivity index (χ2v) is 6.92. The molecule has 6 heteroatoms. The fourth-order valence-corrected chi connectivity index (χ4v) is 3.52. The molecule has 0 spiro atoms. The minimum absolute atomic E-state index is 0.224. The average Bonchev–Trinajstić information content (AvgIpc) is 3.12. The predicted molar refractivity (Wildman–Crippen MR) is 95.9 cm³/mol. The number of benzene rings is 2. The van der Waals surface area contributed by atoms with Gasteiger partial charge in [0.2, 0.25) is 0 Å². The minimum atomic E-state index is -4.67. The lowest BCUT2D eigenvalue weighted by Gasteiger charge is -2.12. The van der Waals surface area contributed by atoms with Crippen molar-refractivity contribution in [2.45, 2.75) is 38.0 Å². The zero-order valence-corrected chi connectivity index (χ0v) is 14.9. The molecule has 0 amide bonds. The fraction of sp³-hybridized carbons (Fsp3) is 0.429. The number of alkyl halides is 3. The Balaban J connectivity index is 1.45. The SMILES string of the molecule is OCC1CCC(c2ccc(OCCc3ccc(OC(F)(F)F)cc3)cc2)C1. The van der Waals surface area contributed by atoms with E-state index in [9.17, 15) is 18.3 Å². The monoisotopic (exact) mass is 380 g/mol. The quantitative estimate of drug-likeness (QED) is 0.728. The van der Waals surface area contributed by atoms with Gasteiger partial charge < -0.3 is 14.6 Å². The molecule has 146 valence electrons. The summed E-state index contributed by atoms with van der Waals surface area (Å²) >= 11 is 0. The maximum atomic E-state index is 12.1. The van der Waals surface area contributed by atoms with Crippen LogP contribution in [-0.4, -0.2) is 24.7 Å². The van der Waals surface area contributed by atoms with Crippen molar-refractivity contribution in [1.29, 1.82) is 0 Å². The Bertz CT molecular complexity index is 711. The van der Waals surface area contributed by atoms with Crippen LogP contribution in [0.25, 0.3) is 0 Å². The Kier molecular flexibility index (Phi) is 6.26. The summed E-state index contributed by atoms with van der Waals surface area (Å²) in [7, 11) is 0. The third-order valence-electron chi connectivity index (χ3n) is 4.97. The van der Waals surface area contributed by atoms with E-state index in [0.717, 1.165) is 30.6 Å². The molecular formula is C21H23F3O3. The molecule has 1 aliphatic rings. The summed E-state index contributed by atoms with van der Waals surface area (Å²) in [6.07, 6.45) is -0.862. The molecule has 2 aromatic rings. The van der Waals surface area contributed by atoms with Gasteiger partial charge in [-0.3, -0.25) is 0 Å².